The third-order valence-electron chi connectivity index (χ3n) is 1.69. The fraction of sp³-hybridized carbons (Fsp3) is 0.333. The van der Waals surface area contributed by atoms with Gasteiger partial charge in [-0.3, -0.25) is 0 Å². The molecule has 1 aromatic carbocycles. The van der Waals surface area contributed by atoms with Crippen LogP contribution in [0.4, 0.5) is 8.78 Å². The lowest BCUT2D eigenvalue weighted by Crippen LogP contribution is -1.97. The van der Waals surface area contributed by atoms with E-state index in [4.69, 9.17) is 4.74 Å². The first-order valence-electron chi connectivity index (χ1n) is 3.77. The highest BCUT2D eigenvalue weighted by atomic mass is 32.1. The van der Waals surface area contributed by atoms with Crippen molar-refractivity contribution in [2.45, 2.75) is 12.2 Å². The van der Waals surface area contributed by atoms with Crippen LogP contribution in [-0.2, 0) is 0 Å². The summed E-state index contributed by atoms with van der Waals surface area (Å²) in [6, 6.07) is 2.01. The maximum Gasteiger partial charge on any atom is 0.168 e. The Morgan fingerprint density at radius 3 is 2.46 bits per heavy atom. The fourth-order valence-corrected chi connectivity index (χ4v) is 1.30. The maximum absolute atomic E-state index is 13.1. The molecule has 1 nitrogen and oxygen atoms in total. The molecule has 0 aliphatic carbocycles. The summed E-state index contributed by atoms with van der Waals surface area (Å²) in [7, 11) is 1.34. The van der Waals surface area contributed by atoms with Crippen molar-refractivity contribution in [2.75, 3.05) is 7.11 Å². The van der Waals surface area contributed by atoms with E-state index in [0.717, 1.165) is 6.07 Å². The Morgan fingerprint density at radius 2 is 2.00 bits per heavy atom. The van der Waals surface area contributed by atoms with E-state index in [9.17, 15) is 8.78 Å². The predicted molar refractivity (Wildman–Crippen MR) is 50.3 cm³/mol. The van der Waals surface area contributed by atoms with E-state index in [-0.39, 0.29) is 11.0 Å². The molecule has 0 radical (unpaired) electrons. The zero-order valence-electron chi connectivity index (χ0n) is 7.34. The van der Waals surface area contributed by atoms with Gasteiger partial charge < -0.3 is 4.74 Å². The SMILES string of the molecule is COc1c(F)cc(F)cc1C(C)S. The van der Waals surface area contributed by atoms with Crippen LogP contribution >= 0.6 is 12.6 Å². The van der Waals surface area contributed by atoms with Gasteiger partial charge in [0.1, 0.15) is 5.82 Å². The average molecular weight is 204 g/mol. The molecule has 1 unspecified atom stereocenters. The number of halogens is 2. The number of hydrogen-bond acceptors (Lipinski definition) is 2. The van der Waals surface area contributed by atoms with Gasteiger partial charge in [0, 0.05) is 16.9 Å². The van der Waals surface area contributed by atoms with Crippen molar-refractivity contribution >= 4 is 12.6 Å². The molecule has 72 valence electrons. The molecule has 0 aliphatic heterocycles. The van der Waals surface area contributed by atoms with Crippen molar-refractivity contribution in [1.29, 1.82) is 0 Å². The second-order valence-corrected chi connectivity index (χ2v) is 3.46. The Morgan fingerprint density at radius 1 is 1.38 bits per heavy atom. The highest BCUT2D eigenvalue weighted by Gasteiger charge is 2.14. The van der Waals surface area contributed by atoms with Crippen LogP contribution in [0.1, 0.15) is 17.7 Å². The topological polar surface area (TPSA) is 9.23 Å². The summed E-state index contributed by atoms with van der Waals surface area (Å²) in [6.45, 7) is 1.72. The Labute approximate surface area is 81.1 Å². The fourth-order valence-electron chi connectivity index (χ4n) is 1.11. The maximum atomic E-state index is 13.1. The summed E-state index contributed by atoms with van der Waals surface area (Å²) in [4.78, 5) is 0. The van der Waals surface area contributed by atoms with Crippen LogP contribution in [0.15, 0.2) is 12.1 Å². The Bertz CT molecular complexity index is 313. The molecule has 1 aromatic rings. The normalized spacial score (nSPS) is 12.7. The van der Waals surface area contributed by atoms with Gasteiger partial charge in [0.05, 0.1) is 7.11 Å². The molecule has 0 N–H and O–H groups in total. The molecule has 13 heavy (non-hydrogen) atoms. The second-order valence-electron chi connectivity index (χ2n) is 2.69. The van der Waals surface area contributed by atoms with E-state index in [1.807, 2.05) is 0 Å². The molecule has 0 amide bonds. The van der Waals surface area contributed by atoms with Gasteiger partial charge in [-0.15, -0.1) is 0 Å². The predicted octanol–water partition coefficient (Wildman–Crippen LogP) is 2.96. The summed E-state index contributed by atoms with van der Waals surface area (Å²) in [5, 5.41) is -0.264. The van der Waals surface area contributed by atoms with Gasteiger partial charge >= 0.3 is 0 Å². The molecule has 0 saturated carbocycles. The van der Waals surface area contributed by atoms with Crippen LogP contribution < -0.4 is 4.74 Å². The zero-order chi connectivity index (χ0) is 10.0. The molecular weight excluding hydrogens is 194 g/mol. The summed E-state index contributed by atoms with van der Waals surface area (Å²) in [5.74, 6) is -1.25. The molecule has 1 rings (SSSR count). The van der Waals surface area contributed by atoms with Crippen LogP contribution in [0.3, 0.4) is 0 Å². The van der Waals surface area contributed by atoms with Gasteiger partial charge in [-0.1, -0.05) is 0 Å². The van der Waals surface area contributed by atoms with Crippen LogP contribution in [0.5, 0.6) is 5.75 Å². The summed E-state index contributed by atoms with van der Waals surface area (Å²) in [5.41, 5.74) is 0.420. The molecule has 0 heterocycles. The molecule has 0 bridgehead atoms. The van der Waals surface area contributed by atoms with E-state index in [1.165, 1.54) is 13.2 Å². The minimum Gasteiger partial charge on any atom is -0.493 e. The lowest BCUT2D eigenvalue weighted by atomic mass is 10.1. The number of ether oxygens (including phenoxy) is 1. The first kappa shape index (κ1) is 10.3. The van der Waals surface area contributed by atoms with Gasteiger partial charge in [0.2, 0.25) is 0 Å². The van der Waals surface area contributed by atoms with E-state index in [2.05, 4.69) is 12.6 Å². The van der Waals surface area contributed by atoms with Gasteiger partial charge in [0.25, 0.3) is 0 Å². The van der Waals surface area contributed by atoms with E-state index in [1.54, 1.807) is 6.92 Å². The lowest BCUT2D eigenvalue weighted by molar-refractivity contribution is 0.379. The van der Waals surface area contributed by atoms with Gasteiger partial charge in [-0.25, -0.2) is 8.78 Å². The molecule has 1 atom stereocenters. The van der Waals surface area contributed by atoms with Crippen molar-refractivity contribution in [3.8, 4) is 5.75 Å². The molecule has 0 fully saturated rings. The van der Waals surface area contributed by atoms with E-state index in [0.29, 0.717) is 5.56 Å². The molecule has 0 aliphatic rings. The van der Waals surface area contributed by atoms with Crippen molar-refractivity contribution in [1.82, 2.24) is 0 Å². The lowest BCUT2D eigenvalue weighted by Gasteiger charge is -2.11. The van der Waals surface area contributed by atoms with E-state index >= 15 is 0 Å². The number of benzene rings is 1. The highest BCUT2D eigenvalue weighted by Crippen LogP contribution is 2.31. The largest absolute Gasteiger partial charge is 0.493 e. The minimum absolute atomic E-state index is 0.0592. The van der Waals surface area contributed by atoms with Gasteiger partial charge in [-0.2, -0.15) is 12.6 Å². The Kier molecular flexibility index (Phi) is 3.14. The van der Waals surface area contributed by atoms with Crippen molar-refractivity contribution in [2.24, 2.45) is 0 Å². The van der Waals surface area contributed by atoms with Crippen molar-refractivity contribution < 1.29 is 13.5 Å². The Hall–Kier alpha value is -0.770. The van der Waals surface area contributed by atoms with Crippen molar-refractivity contribution in [3.63, 3.8) is 0 Å². The number of rotatable bonds is 2. The standard InChI is InChI=1S/C9H10F2OS/c1-5(13)7-3-6(10)4-8(11)9(7)12-2/h3-5,13H,1-2H3. The summed E-state index contributed by atoms with van der Waals surface area (Å²) < 4.78 is 30.6. The molecule has 0 spiro atoms. The first-order chi connectivity index (χ1) is 6.06. The third kappa shape index (κ3) is 2.12. The number of hydrogen-bond donors (Lipinski definition) is 1. The summed E-state index contributed by atoms with van der Waals surface area (Å²) >= 11 is 4.09. The van der Waals surface area contributed by atoms with Gasteiger partial charge in [0.15, 0.2) is 11.6 Å². The van der Waals surface area contributed by atoms with E-state index < -0.39 is 11.6 Å². The second kappa shape index (κ2) is 3.96. The van der Waals surface area contributed by atoms with Gasteiger partial charge in [-0.05, 0) is 13.0 Å². The Balaban J connectivity index is 3.29. The third-order valence-corrected chi connectivity index (χ3v) is 1.97. The van der Waals surface area contributed by atoms with Crippen molar-refractivity contribution in [3.05, 3.63) is 29.3 Å². The van der Waals surface area contributed by atoms with Crippen LogP contribution in [0.2, 0.25) is 0 Å². The highest BCUT2D eigenvalue weighted by molar-refractivity contribution is 7.80. The molecular formula is C9H10F2OS. The molecule has 0 saturated heterocycles. The van der Waals surface area contributed by atoms with Crippen LogP contribution in [0.25, 0.3) is 0 Å². The number of methoxy groups -OCH3 is 1. The zero-order valence-corrected chi connectivity index (χ0v) is 8.24. The first-order valence-corrected chi connectivity index (χ1v) is 4.29. The monoisotopic (exact) mass is 204 g/mol. The molecule has 0 aromatic heterocycles. The molecule has 4 heteroatoms. The van der Waals surface area contributed by atoms with Crippen LogP contribution in [0, 0.1) is 11.6 Å². The van der Waals surface area contributed by atoms with Crippen LogP contribution in [-0.4, -0.2) is 7.11 Å². The minimum atomic E-state index is -0.696. The smallest absolute Gasteiger partial charge is 0.168 e. The summed E-state index contributed by atoms with van der Waals surface area (Å²) in [6.07, 6.45) is 0. The number of thiol groups is 1. The quantitative estimate of drug-likeness (QED) is 0.729. The average Bonchev–Trinajstić information content (AvgIpc) is 2.02.